The van der Waals surface area contributed by atoms with Crippen LogP contribution in [0, 0.1) is 6.92 Å². The third-order valence-corrected chi connectivity index (χ3v) is 3.07. The molecule has 4 heteroatoms. The summed E-state index contributed by atoms with van der Waals surface area (Å²) < 4.78 is 0. The van der Waals surface area contributed by atoms with E-state index in [-0.39, 0.29) is 5.91 Å². The molecule has 0 aliphatic heterocycles. The van der Waals surface area contributed by atoms with Crippen molar-refractivity contribution >= 4 is 17.2 Å². The van der Waals surface area contributed by atoms with Gasteiger partial charge in [-0.15, -0.1) is 11.3 Å². The molecule has 1 aromatic carbocycles. The van der Waals surface area contributed by atoms with Crippen LogP contribution in [0.5, 0.6) is 0 Å². The number of carbonyl (C=O) groups is 1. The Balaban J connectivity index is 1.94. The second-order valence-electron chi connectivity index (χ2n) is 3.43. The molecule has 2 rings (SSSR count). The Morgan fingerprint density at radius 2 is 2.12 bits per heavy atom. The van der Waals surface area contributed by atoms with Gasteiger partial charge in [-0.25, -0.2) is 4.98 Å². The minimum Gasteiger partial charge on any atom is -0.346 e. The highest BCUT2D eigenvalue weighted by Crippen LogP contribution is 2.08. The topological polar surface area (TPSA) is 42.0 Å². The van der Waals surface area contributed by atoms with Gasteiger partial charge in [0.25, 0.3) is 5.91 Å². The van der Waals surface area contributed by atoms with Crippen molar-refractivity contribution in [3.63, 3.8) is 0 Å². The highest BCUT2D eigenvalue weighted by Gasteiger charge is 2.05. The third-order valence-electron chi connectivity index (χ3n) is 2.10. The summed E-state index contributed by atoms with van der Waals surface area (Å²) in [5.74, 6) is -0.0616. The first kappa shape index (κ1) is 10.8. The van der Waals surface area contributed by atoms with Crippen LogP contribution in [0.1, 0.15) is 21.1 Å². The molecule has 1 N–H and O–H groups in total. The number of aryl methyl sites for hydroxylation is 1. The second kappa shape index (κ2) is 4.90. The predicted molar refractivity (Wildman–Crippen MR) is 64.5 cm³/mol. The standard InChI is InChI=1S/C12H12N2OS/c1-9-8-16-11(14-9)7-13-12(15)10-5-3-2-4-6-10/h2-6,8H,7H2,1H3,(H,13,15). The molecule has 0 spiro atoms. The molecule has 0 atom stereocenters. The maximum Gasteiger partial charge on any atom is 0.251 e. The van der Waals surface area contributed by atoms with Crippen LogP contribution in [0.15, 0.2) is 35.7 Å². The van der Waals surface area contributed by atoms with Crippen molar-refractivity contribution in [2.24, 2.45) is 0 Å². The number of carbonyl (C=O) groups excluding carboxylic acids is 1. The Labute approximate surface area is 98.2 Å². The molecule has 16 heavy (non-hydrogen) atoms. The summed E-state index contributed by atoms with van der Waals surface area (Å²) in [5, 5.41) is 5.75. The fourth-order valence-electron chi connectivity index (χ4n) is 1.33. The lowest BCUT2D eigenvalue weighted by Crippen LogP contribution is -2.22. The van der Waals surface area contributed by atoms with Crippen molar-refractivity contribution in [1.29, 1.82) is 0 Å². The molecule has 0 fully saturated rings. The van der Waals surface area contributed by atoms with Crippen molar-refractivity contribution in [2.75, 3.05) is 0 Å². The number of hydrogen-bond acceptors (Lipinski definition) is 3. The third kappa shape index (κ3) is 2.67. The lowest BCUT2D eigenvalue weighted by Gasteiger charge is -2.02. The Hall–Kier alpha value is -1.68. The minimum atomic E-state index is -0.0616. The Morgan fingerprint density at radius 1 is 1.38 bits per heavy atom. The average molecular weight is 232 g/mol. The number of nitrogens with zero attached hydrogens (tertiary/aromatic N) is 1. The van der Waals surface area contributed by atoms with Crippen molar-refractivity contribution < 1.29 is 4.79 Å². The van der Waals surface area contributed by atoms with E-state index in [1.807, 2.05) is 30.5 Å². The first-order chi connectivity index (χ1) is 7.75. The van der Waals surface area contributed by atoms with Gasteiger partial charge >= 0.3 is 0 Å². The summed E-state index contributed by atoms with van der Waals surface area (Å²) in [7, 11) is 0. The van der Waals surface area contributed by atoms with Crippen molar-refractivity contribution in [3.8, 4) is 0 Å². The zero-order valence-corrected chi connectivity index (χ0v) is 9.75. The van der Waals surface area contributed by atoms with E-state index in [0.29, 0.717) is 12.1 Å². The maximum absolute atomic E-state index is 11.7. The first-order valence-corrected chi connectivity index (χ1v) is 5.88. The molecule has 1 amide bonds. The van der Waals surface area contributed by atoms with Gasteiger partial charge in [0.05, 0.1) is 6.54 Å². The van der Waals surface area contributed by atoms with Gasteiger partial charge < -0.3 is 5.32 Å². The van der Waals surface area contributed by atoms with Crippen LogP contribution in [-0.2, 0) is 6.54 Å². The number of hydrogen-bond donors (Lipinski definition) is 1. The molecule has 0 saturated heterocycles. The van der Waals surface area contributed by atoms with Gasteiger partial charge in [0, 0.05) is 16.6 Å². The molecule has 0 unspecified atom stereocenters. The van der Waals surface area contributed by atoms with E-state index in [1.54, 1.807) is 23.5 Å². The van der Waals surface area contributed by atoms with Gasteiger partial charge in [-0.05, 0) is 19.1 Å². The fourth-order valence-corrected chi connectivity index (χ4v) is 2.04. The molecule has 0 aliphatic rings. The first-order valence-electron chi connectivity index (χ1n) is 5.00. The van der Waals surface area contributed by atoms with Crippen LogP contribution >= 0.6 is 11.3 Å². The van der Waals surface area contributed by atoms with Crippen LogP contribution in [-0.4, -0.2) is 10.9 Å². The SMILES string of the molecule is Cc1csc(CNC(=O)c2ccccc2)n1. The van der Waals surface area contributed by atoms with E-state index in [2.05, 4.69) is 10.3 Å². The van der Waals surface area contributed by atoms with E-state index >= 15 is 0 Å². The molecule has 1 aromatic heterocycles. The molecule has 2 aromatic rings. The summed E-state index contributed by atoms with van der Waals surface area (Å²) in [6, 6.07) is 9.18. The zero-order valence-electron chi connectivity index (χ0n) is 8.93. The van der Waals surface area contributed by atoms with E-state index < -0.39 is 0 Å². The summed E-state index contributed by atoms with van der Waals surface area (Å²) in [6.45, 7) is 2.44. The lowest BCUT2D eigenvalue weighted by molar-refractivity contribution is 0.0951. The van der Waals surface area contributed by atoms with Crippen LogP contribution in [0.3, 0.4) is 0 Å². The smallest absolute Gasteiger partial charge is 0.251 e. The average Bonchev–Trinajstić information content (AvgIpc) is 2.73. The molecule has 0 aliphatic carbocycles. The quantitative estimate of drug-likeness (QED) is 0.882. The van der Waals surface area contributed by atoms with E-state index in [9.17, 15) is 4.79 Å². The van der Waals surface area contributed by atoms with Gasteiger partial charge in [0.15, 0.2) is 0 Å². The van der Waals surface area contributed by atoms with Crippen molar-refractivity contribution in [2.45, 2.75) is 13.5 Å². The van der Waals surface area contributed by atoms with Gasteiger partial charge in [0.1, 0.15) is 5.01 Å². The van der Waals surface area contributed by atoms with Crippen LogP contribution in [0.25, 0.3) is 0 Å². The van der Waals surface area contributed by atoms with Crippen LogP contribution in [0.4, 0.5) is 0 Å². The number of rotatable bonds is 3. The van der Waals surface area contributed by atoms with E-state index in [0.717, 1.165) is 10.7 Å². The zero-order chi connectivity index (χ0) is 11.4. The van der Waals surface area contributed by atoms with Crippen molar-refractivity contribution in [3.05, 3.63) is 52.0 Å². The number of aromatic nitrogens is 1. The minimum absolute atomic E-state index is 0.0616. The van der Waals surface area contributed by atoms with Gasteiger partial charge in [-0.2, -0.15) is 0 Å². The summed E-state index contributed by atoms with van der Waals surface area (Å²) in [6.07, 6.45) is 0. The number of thiazole rings is 1. The monoisotopic (exact) mass is 232 g/mol. The molecule has 3 nitrogen and oxygen atoms in total. The highest BCUT2D eigenvalue weighted by molar-refractivity contribution is 7.09. The molecule has 1 heterocycles. The Bertz CT molecular complexity index is 479. The van der Waals surface area contributed by atoms with Crippen LogP contribution in [0.2, 0.25) is 0 Å². The van der Waals surface area contributed by atoms with Gasteiger partial charge in [0.2, 0.25) is 0 Å². The number of nitrogens with one attached hydrogen (secondary N) is 1. The van der Waals surface area contributed by atoms with E-state index in [4.69, 9.17) is 0 Å². The fraction of sp³-hybridized carbons (Fsp3) is 0.167. The lowest BCUT2D eigenvalue weighted by atomic mass is 10.2. The number of benzene rings is 1. The number of amides is 1. The molecule has 0 bridgehead atoms. The normalized spacial score (nSPS) is 10.1. The summed E-state index contributed by atoms with van der Waals surface area (Å²) in [4.78, 5) is 16.0. The molecule has 0 saturated carbocycles. The largest absolute Gasteiger partial charge is 0.346 e. The van der Waals surface area contributed by atoms with Crippen molar-refractivity contribution in [1.82, 2.24) is 10.3 Å². The molecule has 82 valence electrons. The Kier molecular flexibility index (Phi) is 3.31. The van der Waals surface area contributed by atoms with Gasteiger partial charge in [-0.3, -0.25) is 4.79 Å². The molecule has 0 radical (unpaired) electrons. The maximum atomic E-state index is 11.7. The molecular formula is C12H12N2OS. The predicted octanol–water partition coefficient (Wildman–Crippen LogP) is 2.38. The Morgan fingerprint density at radius 3 is 2.75 bits per heavy atom. The summed E-state index contributed by atoms with van der Waals surface area (Å²) in [5.41, 5.74) is 1.67. The van der Waals surface area contributed by atoms with Crippen LogP contribution < -0.4 is 5.32 Å². The highest BCUT2D eigenvalue weighted by atomic mass is 32.1. The molecular weight excluding hydrogens is 220 g/mol. The van der Waals surface area contributed by atoms with Gasteiger partial charge in [-0.1, -0.05) is 18.2 Å². The second-order valence-corrected chi connectivity index (χ2v) is 4.37. The summed E-state index contributed by atoms with van der Waals surface area (Å²) >= 11 is 1.56. The van der Waals surface area contributed by atoms with E-state index in [1.165, 1.54) is 0 Å².